The average molecular weight is 469 g/mol. The zero-order chi connectivity index (χ0) is 22.8. The maximum Gasteiger partial charge on any atom is 0.166 e. The van der Waals surface area contributed by atoms with Gasteiger partial charge in [0.15, 0.2) is 23.1 Å². The van der Waals surface area contributed by atoms with Crippen molar-refractivity contribution in [3.05, 3.63) is 106 Å². The van der Waals surface area contributed by atoms with Crippen LogP contribution >= 0.6 is 23.2 Å². The zero-order valence-corrected chi connectivity index (χ0v) is 18.6. The lowest BCUT2D eigenvalue weighted by Crippen LogP contribution is -2.00. The molecule has 2 aromatic heterocycles. The van der Waals surface area contributed by atoms with E-state index >= 15 is 0 Å². The Bertz CT molecular complexity index is 1140. The van der Waals surface area contributed by atoms with Crippen LogP contribution in [0.15, 0.2) is 85.2 Å². The minimum Gasteiger partial charge on any atom is -0.485 e. The van der Waals surface area contributed by atoms with Crippen LogP contribution in [0, 0.1) is 0 Å². The number of pyridine rings is 2. The molecule has 0 fully saturated rings. The van der Waals surface area contributed by atoms with Crippen LogP contribution in [-0.2, 0) is 13.2 Å². The second-order valence-electron chi connectivity index (χ2n) is 6.57. The van der Waals surface area contributed by atoms with Gasteiger partial charge in [-0.15, -0.1) is 0 Å². The van der Waals surface area contributed by atoms with Crippen molar-refractivity contribution < 1.29 is 9.47 Å². The smallest absolute Gasteiger partial charge is 0.166 e. The molecule has 0 radical (unpaired) electrons. The highest BCUT2D eigenvalue weighted by atomic mass is 35.5. The molecule has 0 bridgehead atoms. The van der Waals surface area contributed by atoms with Crippen LogP contribution in [0.3, 0.4) is 0 Å². The predicted octanol–water partition coefficient (Wildman–Crippen LogP) is 5.79. The van der Waals surface area contributed by atoms with Crippen LogP contribution in [0.2, 0.25) is 10.0 Å². The first-order valence-corrected chi connectivity index (χ1v) is 10.4. The van der Waals surface area contributed by atoms with Crippen molar-refractivity contribution in [2.45, 2.75) is 13.2 Å². The summed E-state index contributed by atoms with van der Waals surface area (Å²) in [5.41, 5.74) is 13.2. The van der Waals surface area contributed by atoms with E-state index in [1.54, 1.807) is 48.8 Å². The Morgan fingerprint density at radius 3 is 1.88 bits per heavy atom. The Labute approximate surface area is 196 Å². The number of halogens is 2. The van der Waals surface area contributed by atoms with E-state index in [1.165, 1.54) is 0 Å². The molecule has 4 N–H and O–H groups in total. The summed E-state index contributed by atoms with van der Waals surface area (Å²) < 4.78 is 11.1. The van der Waals surface area contributed by atoms with Crippen LogP contribution in [-0.4, -0.2) is 9.97 Å². The molecule has 164 valence electrons. The maximum absolute atomic E-state index is 6.02. The monoisotopic (exact) mass is 468 g/mol. The summed E-state index contributed by atoms with van der Waals surface area (Å²) in [7, 11) is 0. The average Bonchev–Trinajstić information content (AvgIpc) is 2.81. The largest absolute Gasteiger partial charge is 0.485 e. The van der Waals surface area contributed by atoms with Crippen LogP contribution in [0.5, 0.6) is 11.5 Å². The van der Waals surface area contributed by atoms with Gasteiger partial charge in [0.1, 0.15) is 13.2 Å². The number of ether oxygens (including phenoxy) is 2. The fourth-order valence-corrected chi connectivity index (χ4v) is 2.96. The number of anilines is 2. The predicted molar refractivity (Wildman–Crippen MR) is 129 cm³/mol. The zero-order valence-electron chi connectivity index (χ0n) is 17.1. The molecule has 2 heterocycles. The van der Waals surface area contributed by atoms with Crippen molar-refractivity contribution >= 4 is 34.8 Å². The third-order valence-corrected chi connectivity index (χ3v) is 4.83. The summed E-state index contributed by atoms with van der Waals surface area (Å²) in [6, 6.07) is 22.3. The maximum atomic E-state index is 6.02. The van der Waals surface area contributed by atoms with Crippen LogP contribution in [0.1, 0.15) is 11.1 Å². The molecule has 0 amide bonds. The van der Waals surface area contributed by atoms with Gasteiger partial charge in [0.25, 0.3) is 0 Å². The van der Waals surface area contributed by atoms with E-state index < -0.39 is 0 Å². The van der Waals surface area contributed by atoms with Crippen molar-refractivity contribution in [2.75, 3.05) is 11.5 Å². The summed E-state index contributed by atoms with van der Waals surface area (Å²) in [6.07, 6.45) is 3.25. The summed E-state index contributed by atoms with van der Waals surface area (Å²) in [6.45, 7) is 0.812. The number of nitrogen functional groups attached to an aromatic ring is 2. The van der Waals surface area contributed by atoms with E-state index in [9.17, 15) is 0 Å². The van der Waals surface area contributed by atoms with Crippen molar-refractivity contribution in [3.8, 4) is 11.5 Å². The first kappa shape index (κ1) is 23.2. The Morgan fingerprint density at radius 1 is 0.688 bits per heavy atom. The normalized spacial score (nSPS) is 10.1. The molecule has 4 rings (SSSR count). The minimum atomic E-state index is 0.301. The number of nitrogens with two attached hydrogens (primary N) is 2. The van der Waals surface area contributed by atoms with Crippen molar-refractivity contribution in [3.63, 3.8) is 0 Å². The molecule has 4 aromatic rings. The van der Waals surface area contributed by atoms with Gasteiger partial charge in [0, 0.05) is 28.0 Å². The molecule has 0 aliphatic carbocycles. The molecule has 32 heavy (non-hydrogen) atoms. The molecule has 0 saturated heterocycles. The lowest BCUT2D eigenvalue weighted by atomic mass is 10.2. The molecular formula is C24H22Cl2N4O2. The van der Waals surface area contributed by atoms with E-state index in [1.807, 2.05) is 36.4 Å². The van der Waals surface area contributed by atoms with Crippen LogP contribution < -0.4 is 20.9 Å². The topological polar surface area (TPSA) is 96.3 Å². The second kappa shape index (κ2) is 11.8. The Morgan fingerprint density at radius 2 is 1.28 bits per heavy atom. The molecule has 0 aliphatic rings. The quantitative estimate of drug-likeness (QED) is 0.371. The van der Waals surface area contributed by atoms with E-state index in [-0.39, 0.29) is 0 Å². The highest BCUT2D eigenvalue weighted by Gasteiger charge is 2.05. The fraction of sp³-hybridized carbons (Fsp3) is 0.0833. The number of hydrogen-bond donors (Lipinski definition) is 2. The molecule has 0 saturated carbocycles. The van der Waals surface area contributed by atoms with Gasteiger partial charge in [-0.1, -0.05) is 53.5 Å². The summed E-state index contributed by atoms with van der Waals surface area (Å²) in [5, 5.41) is 1.23. The van der Waals surface area contributed by atoms with Crippen LogP contribution in [0.4, 0.5) is 11.6 Å². The number of rotatable bonds is 6. The first-order valence-electron chi connectivity index (χ1n) is 9.67. The molecule has 0 unspecified atom stereocenters. The van der Waals surface area contributed by atoms with E-state index in [2.05, 4.69) is 9.97 Å². The van der Waals surface area contributed by atoms with Crippen LogP contribution in [0.25, 0.3) is 0 Å². The third kappa shape index (κ3) is 7.04. The van der Waals surface area contributed by atoms with Gasteiger partial charge in [0.2, 0.25) is 0 Å². The lowest BCUT2D eigenvalue weighted by Gasteiger charge is -2.09. The SMILES string of the molecule is Nc1ncccc1OCc1cc(Cl)ccc1Cl.Nc1ncccc1OCc1ccccc1. The Hall–Kier alpha value is -3.48. The molecule has 2 aromatic carbocycles. The third-order valence-electron chi connectivity index (χ3n) is 4.23. The first-order chi connectivity index (χ1) is 15.5. The van der Waals surface area contributed by atoms with E-state index in [4.69, 9.17) is 44.1 Å². The fourth-order valence-electron chi connectivity index (χ4n) is 2.59. The van der Waals surface area contributed by atoms with Gasteiger partial charge in [-0.3, -0.25) is 0 Å². The van der Waals surface area contributed by atoms with Gasteiger partial charge in [0.05, 0.1) is 0 Å². The Kier molecular flexibility index (Phi) is 8.54. The van der Waals surface area contributed by atoms with Gasteiger partial charge in [-0.05, 0) is 48.0 Å². The van der Waals surface area contributed by atoms with Crippen molar-refractivity contribution in [1.82, 2.24) is 9.97 Å². The highest BCUT2D eigenvalue weighted by Crippen LogP contribution is 2.24. The lowest BCUT2D eigenvalue weighted by molar-refractivity contribution is 0.307. The van der Waals surface area contributed by atoms with Gasteiger partial charge < -0.3 is 20.9 Å². The Balaban J connectivity index is 0.000000182. The van der Waals surface area contributed by atoms with Crippen molar-refractivity contribution in [2.24, 2.45) is 0 Å². The number of hydrogen-bond acceptors (Lipinski definition) is 6. The van der Waals surface area contributed by atoms with E-state index in [0.717, 1.165) is 11.1 Å². The number of nitrogens with zero attached hydrogens (tertiary/aromatic N) is 2. The molecule has 0 spiro atoms. The summed E-state index contributed by atoms with van der Waals surface area (Å²) in [5.74, 6) is 1.93. The van der Waals surface area contributed by atoms with Gasteiger partial charge >= 0.3 is 0 Å². The minimum absolute atomic E-state index is 0.301. The second-order valence-corrected chi connectivity index (χ2v) is 7.42. The van der Waals surface area contributed by atoms with E-state index in [0.29, 0.717) is 46.4 Å². The summed E-state index contributed by atoms with van der Waals surface area (Å²) in [4.78, 5) is 7.87. The summed E-state index contributed by atoms with van der Waals surface area (Å²) >= 11 is 11.9. The molecule has 0 atom stereocenters. The highest BCUT2D eigenvalue weighted by molar-refractivity contribution is 6.33. The standard InChI is InChI=1S/C12H10Cl2N2O.C12H12N2O/c13-9-3-4-10(14)8(6-9)7-17-11-2-1-5-16-12(11)15;13-12-11(7-4-8-14-12)15-9-10-5-2-1-3-6-10/h1-6H,7H2,(H2,15,16);1-8H,9H2,(H2,13,14). The van der Waals surface area contributed by atoms with Gasteiger partial charge in [-0.2, -0.15) is 0 Å². The molecule has 0 aliphatic heterocycles. The number of aromatic nitrogens is 2. The molecule has 6 nitrogen and oxygen atoms in total. The number of benzene rings is 2. The molecule has 8 heteroatoms. The molecular weight excluding hydrogens is 447 g/mol. The van der Waals surface area contributed by atoms with Gasteiger partial charge in [-0.25, -0.2) is 9.97 Å². The van der Waals surface area contributed by atoms with Crippen molar-refractivity contribution in [1.29, 1.82) is 0 Å².